The molecule has 0 atom stereocenters. The number of fused-ring (bicyclic) bond motifs is 2. The number of imidazole rings is 1. The Kier molecular flexibility index (Phi) is 5.49. The molecule has 0 fully saturated rings. The second-order valence-electron chi connectivity index (χ2n) is 8.02. The zero-order chi connectivity index (χ0) is 21.9. The van der Waals surface area contributed by atoms with Crippen LogP contribution in [0.25, 0.3) is 16.7 Å². The van der Waals surface area contributed by atoms with Crippen LogP contribution in [-0.4, -0.2) is 30.0 Å². The zero-order valence-corrected chi connectivity index (χ0v) is 17.7. The average molecular weight is 428 g/mol. The van der Waals surface area contributed by atoms with Gasteiger partial charge in [0.25, 0.3) is 11.5 Å². The van der Waals surface area contributed by atoms with Crippen molar-refractivity contribution in [1.29, 1.82) is 0 Å². The predicted molar refractivity (Wildman–Crippen MR) is 121 cm³/mol. The Morgan fingerprint density at radius 1 is 1.09 bits per heavy atom. The Bertz CT molecular complexity index is 1330. The Balaban J connectivity index is 1.40. The number of aryl methyl sites for hydroxylation is 1. The summed E-state index contributed by atoms with van der Waals surface area (Å²) in [5.74, 6) is 1.32. The molecule has 0 radical (unpaired) electrons. The molecule has 32 heavy (non-hydrogen) atoms. The van der Waals surface area contributed by atoms with Gasteiger partial charge in [-0.25, -0.2) is 15.0 Å². The van der Waals surface area contributed by atoms with Crippen LogP contribution < -0.4 is 10.9 Å². The van der Waals surface area contributed by atoms with Gasteiger partial charge in [0.2, 0.25) is 0 Å². The molecule has 4 aromatic rings. The van der Waals surface area contributed by atoms with Crippen molar-refractivity contribution in [1.82, 2.24) is 29.4 Å². The maximum atomic E-state index is 13.0. The van der Waals surface area contributed by atoms with Gasteiger partial charge in [0.15, 0.2) is 0 Å². The molecule has 0 unspecified atom stereocenters. The van der Waals surface area contributed by atoms with E-state index in [-0.39, 0.29) is 11.5 Å². The highest BCUT2D eigenvalue weighted by Gasteiger charge is 2.15. The van der Waals surface area contributed by atoms with Crippen LogP contribution >= 0.6 is 0 Å². The van der Waals surface area contributed by atoms with Crippen LogP contribution in [0, 0.1) is 0 Å². The highest BCUT2D eigenvalue weighted by Crippen LogP contribution is 2.17. The minimum Gasteiger partial charge on any atom is -0.348 e. The SMILES string of the molecule is O=C(NCc1cccnc1-n1ccnc1)c1ccc2c(=O)n3c(nc2c1)CCCCCC3. The summed E-state index contributed by atoms with van der Waals surface area (Å²) >= 11 is 0. The van der Waals surface area contributed by atoms with Crippen molar-refractivity contribution in [3.05, 3.63) is 82.6 Å². The Labute approximate surface area is 185 Å². The standard InChI is InChI=1S/C24H24N6O2/c31-23(27-15-18-6-5-10-26-22(18)29-13-11-25-16-29)17-8-9-19-20(14-17)28-21-7-3-1-2-4-12-30(21)24(19)32/h5-6,8-11,13-14,16H,1-4,7,12,15H2,(H,27,31). The lowest BCUT2D eigenvalue weighted by Gasteiger charge is -2.16. The van der Waals surface area contributed by atoms with E-state index in [0.717, 1.165) is 49.3 Å². The lowest BCUT2D eigenvalue weighted by atomic mass is 10.1. The van der Waals surface area contributed by atoms with Crippen molar-refractivity contribution in [2.24, 2.45) is 0 Å². The van der Waals surface area contributed by atoms with Gasteiger partial charge < -0.3 is 5.32 Å². The molecule has 0 saturated heterocycles. The van der Waals surface area contributed by atoms with E-state index in [1.54, 1.807) is 41.5 Å². The van der Waals surface area contributed by atoms with E-state index in [4.69, 9.17) is 4.98 Å². The van der Waals surface area contributed by atoms with Crippen molar-refractivity contribution in [2.75, 3.05) is 0 Å². The maximum Gasteiger partial charge on any atom is 0.261 e. The summed E-state index contributed by atoms with van der Waals surface area (Å²) in [5, 5.41) is 3.51. The number of rotatable bonds is 4. The Morgan fingerprint density at radius 2 is 2.00 bits per heavy atom. The van der Waals surface area contributed by atoms with E-state index < -0.39 is 0 Å². The van der Waals surface area contributed by atoms with Gasteiger partial charge in [-0.05, 0) is 37.1 Å². The quantitative estimate of drug-likeness (QED) is 0.539. The number of pyridine rings is 1. The van der Waals surface area contributed by atoms with Gasteiger partial charge >= 0.3 is 0 Å². The van der Waals surface area contributed by atoms with E-state index in [1.165, 1.54) is 0 Å². The maximum absolute atomic E-state index is 13.0. The molecular weight excluding hydrogens is 404 g/mol. The van der Waals surface area contributed by atoms with Crippen LogP contribution in [0.5, 0.6) is 0 Å². The molecular formula is C24H24N6O2. The molecule has 162 valence electrons. The fraction of sp³-hybridized carbons (Fsp3) is 0.292. The molecule has 1 aliphatic heterocycles. The number of aromatic nitrogens is 5. The van der Waals surface area contributed by atoms with Gasteiger partial charge in [-0.3, -0.25) is 18.7 Å². The van der Waals surface area contributed by atoms with E-state index in [1.807, 2.05) is 22.9 Å². The van der Waals surface area contributed by atoms with Crippen LogP contribution in [0.3, 0.4) is 0 Å². The first-order chi connectivity index (χ1) is 15.7. The third kappa shape index (κ3) is 3.91. The van der Waals surface area contributed by atoms with Crippen LogP contribution in [0.15, 0.2) is 60.0 Å². The number of hydrogen-bond donors (Lipinski definition) is 1. The zero-order valence-electron chi connectivity index (χ0n) is 17.7. The van der Waals surface area contributed by atoms with E-state index >= 15 is 0 Å². The summed E-state index contributed by atoms with van der Waals surface area (Å²) in [6.45, 7) is 1.03. The molecule has 0 aliphatic carbocycles. The smallest absolute Gasteiger partial charge is 0.261 e. The van der Waals surface area contributed by atoms with E-state index in [0.29, 0.717) is 29.6 Å². The highest BCUT2D eigenvalue weighted by atomic mass is 16.1. The number of carbonyl (C=O) groups is 1. The summed E-state index contributed by atoms with van der Waals surface area (Å²) in [4.78, 5) is 39.1. The van der Waals surface area contributed by atoms with Gasteiger partial charge in [0, 0.05) is 49.2 Å². The first-order valence-electron chi connectivity index (χ1n) is 10.9. The molecule has 8 heteroatoms. The molecule has 3 aromatic heterocycles. The molecule has 4 heterocycles. The first kappa shape index (κ1) is 20.1. The third-order valence-corrected chi connectivity index (χ3v) is 5.88. The highest BCUT2D eigenvalue weighted by molar-refractivity contribution is 5.97. The topological polar surface area (TPSA) is 94.7 Å². The summed E-state index contributed by atoms with van der Waals surface area (Å²) in [6.07, 6.45) is 12.0. The predicted octanol–water partition coefficient (Wildman–Crippen LogP) is 3.02. The van der Waals surface area contributed by atoms with Crippen molar-refractivity contribution in [3.63, 3.8) is 0 Å². The van der Waals surface area contributed by atoms with Crippen LogP contribution in [0.1, 0.15) is 47.4 Å². The molecule has 0 bridgehead atoms. The van der Waals surface area contributed by atoms with E-state index in [2.05, 4.69) is 15.3 Å². The fourth-order valence-electron chi connectivity index (χ4n) is 4.20. The second-order valence-corrected chi connectivity index (χ2v) is 8.02. The average Bonchev–Trinajstić information content (AvgIpc) is 3.33. The van der Waals surface area contributed by atoms with Crippen molar-refractivity contribution >= 4 is 16.8 Å². The largest absolute Gasteiger partial charge is 0.348 e. The van der Waals surface area contributed by atoms with Crippen LogP contribution in [0.4, 0.5) is 0 Å². The molecule has 5 rings (SSSR count). The summed E-state index contributed by atoms with van der Waals surface area (Å²) in [7, 11) is 0. The lowest BCUT2D eigenvalue weighted by molar-refractivity contribution is 0.0951. The second kappa shape index (κ2) is 8.74. The summed E-state index contributed by atoms with van der Waals surface area (Å²) < 4.78 is 3.62. The minimum atomic E-state index is -0.221. The Morgan fingerprint density at radius 3 is 2.88 bits per heavy atom. The first-order valence-corrected chi connectivity index (χ1v) is 10.9. The number of amides is 1. The molecule has 1 aromatic carbocycles. The fourth-order valence-corrected chi connectivity index (χ4v) is 4.20. The number of benzene rings is 1. The Hall–Kier alpha value is -3.81. The van der Waals surface area contributed by atoms with Gasteiger partial charge in [0.1, 0.15) is 18.0 Å². The molecule has 1 N–H and O–H groups in total. The number of nitrogens with zero attached hydrogens (tertiary/aromatic N) is 5. The third-order valence-electron chi connectivity index (χ3n) is 5.88. The number of nitrogens with one attached hydrogen (secondary N) is 1. The van der Waals surface area contributed by atoms with Crippen LogP contribution in [0.2, 0.25) is 0 Å². The minimum absolute atomic E-state index is 0.0146. The molecule has 0 saturated carbocycles. The number of carbonyl (C=O) groups excluding carboxylic acids is 1. The van der Waals surface area contributed by atoms with Gasteiger partial charge in [-0.2, -0.15) is 0 Å². The summed E-state index contributed by atoms with van der Waals surface area (Å²) in [5.41, 5.74) is 1.92. The molecule has 1 amide bonds. The van der Waals surface area contributed by atoms with Gasteiger partial charge in [-0.1, -0.05) is 18.9 Å². The van der Waals surface area contributed by atoms with E-state index in [9.17, 15) is 9.59 Å². The van der Waals surface area contributed by atoms with Crippen molar-refractivity contribution in [2.45, 2.75) is 45.2 Å². The normalized spacial score (nSPS) is 13.9. The molecule has 0 spiro atoms. The summed E-state index contributed by atoms with van der Waals surface area (Å²) in [6, 6.07) is 8.88. The van der Waals surface area contributed by atoms with Gasteiger partial charge in [0.05, 0.1) is 10.9 Å². The van der Waals surface area contributed by atoms with Crippen LogP contribution in [-0.2, 0) is 19.5 Å². The monoisotopic (exact) mass is 428 g/mol. The molecule has 8 nitrogen and oxygen atoms in total. The van der Waals surface area contributed by atoms with Crippen molar-refractivity contribution < 1.29 is 4.79 Å². The number of hydrogen-bond acceptors (Lipinski definition) is 5. The molecule has 1 aliphatic rings. The lowest BCUT2D eigenvalue weighted by Crippen LogP contribution is -2.27. The van der Waals surface area contributed by atoms with Gasteiger partial charge in [-0.15, -0.1) is 0 Å². The van der Waals surface area contributed by atoms with Crippen molar-refractivity contribution in [3.8, 4) is 5.82 Å².